The smallest absolute Gasteiger partial charge is 0.296 e. The molecule has 0 saturated heterocycles. The number of aromatic nitrogens is 2. The highest BCUT2D eigenvalue weighted by Gasteiger charge is 2.22. The molecule has 4 rings (SSSR count). The fourth-order valence-corrected chi connectivity index (χ4v) is 3.67. The van der Waals surface area contributed by atoms with E-state index in [4.69, 9.17) is 4.42 Å². The molecular weight excluding hydrogens is 298 g/mol. The Labute approximate surface area is 142 Å². The van der Waals surface area contributed by atoms with Gasteiger partial charge < -0.3 is 9.73 Å². The largest absolute Gasteiger partial charge is 0.424 e. The van der Waals surface area contributed by atoms with E-state index in [0.29, 0.717) is 6.01 Å². The first-order valence-electron chi connectivity index (χ1n) is 8.91. The first kappa shape index (κ1) is 15.2. The minimum atomic E-state index is 0.141. The number of rotatable bonds is 5. The summed E-state index contributed by atoms with van der Waals surface area (Å²) < 4.78 is 5.86. The zero-order valence-corrected chi connectivity index (χ0v) is 13.8. The molecule has 3 aromatic rings. The molecule has 1 atom stereocenters. The molecule has 4 nitrogen and oxygen atoms in total. The van der Waals surface area contributed by atoms with E-state index in [0.717, 1.165) is 29.1 Å². The number of fused-ring (bicyclic) bond motifs is 1. The lowest BCUT2D eigenvalue weighted by Crippen LogP contribution is -2.18. The van der Waals surface area contributed by atoms with Crippen LogP contribution in [0, 0.1) is 5.92 Å². The van der Waals surface area contributed by atoms with E-state index < -0.39 is 0 Å². The first-order valence-corrected chi connectivity index (χ1v) is 8.91. The average molecular weight is 321 g/mol. The molecule has 1 aromatic carbocycles. The topological polar surface area (TPSA) is 51.0 Å². The summed E-state index contributed by atoms with van der Waals surface area (Å²) >= 11 is 0. The second-order valence-electron chi connectivity index (χ2n) is 6.68. The Hall–Kier alpha value is -2.36. The number of pyridine rings is 1. The van der Waals surface area contributed by atoms with Gasteiger partial charge in [-0.1, -0.05) is 50.3 Å². The molecule has 1 saturated carbocycles. The first-order chi connectivity index (χ1) is 11.9. The minimum Gasteiger partial charge on any atom is -0.424 e. The molecule has 2 aromatic heterocycles. The predicted molar refractivity (Wildman–Crippen MR) is 95.8 cm³/mol. The van der Waals surface area contributed by atoms with Crippen molar-refractivity contribution < 1.29 is 4.42 Å². The summed E-state index contributed by atoms with van der Waals surface area (Å²) in [4.78, 5) is 9.13. The maximum atomic E-state index is 5.86. The van der Waals surface area contributed by atoms with E-state index in [1.807, 2.05) is 42.6 Å². The molecule has 1 fully saturated rings. The molecular formula is C20H23N3O. The minimum absolute atomic E-state index is 0.141. The van der Waals surface area contributed by atoms with Gasteiger partial charge in [0.05, 0.1) is 11.7 Å². The van der Waals surface area contributed by atoms with E-state index in [2.05, 4.69) is 21.4 Å². The SMILES string of the molecule is c1ccc(C(CC2CCCCC2)Nc2nc3ccccc3o2)nc1. The lowest BCUT2D eigenvalue weighted by atomic mass is 9.84. The summed E-state index contributed by atoms with van der Waals surface area (Å²) in [5.41, 5.74) is 2.76. The van der Waals surface area contributed by atoms with Crippen LogP contribution in [0.4, 0.5) is 6.01 Å². The molecule has 0 aliphatic heterocycles. The standard InChI is InChI=1S/C20H23N3O/c1-2-8-15(9-3-1)14-18(16-10-6-7-13-21-16)23-20-22-17-11-4-5-12-19(17)24-20/h4-7,10-13,15,18H,1-3,8-9,14H2,(H,22,23). The van der Waals surface area contributed by atoms with Crippen molar-refractivity contribution in [3.05, 3.63) is 54.4 Å². The Morgan fingerprint density at radius 3 is 2.67 bits per heavy atom. The van der Waals surface area contributed by atoms with E-state index >= 15 is 0 Å². The Morgan fingerprint density at radius 1 is 1.04 bits per heavy atom. The fourth-order valence-electron chi connectivity index (χ4n) is 3.67. The molecule has 4 heteroatoms. The summed E-state index contributed by atoms with van der Waals surface area (Å²) in [5, 5.41) is 3.49. The Balaban J connectivity index is 1.57. The van der Waals surface area contributed by atoms with Gasteiger partial charge in [-0.25, -0.2) is 0 Å². The van der Waals surface area contributed by atoms with Crippen molar-refractivity contribution >= 4 is 17.1 Å². The molecule has 124 valence electrons. The molecule has 1 unspecified atom stereocenters. The quantitative estimate of drug-likeness (QED) is 0.688. The molecule has 24 heavy (non-hydrogen) atoms. The van der Waals surface area contributed by atoms with E-state index in [-0.39, 0.29) is 6.04 Å². The van der Waals surface area contributed by atoms with Gasteiger partial charge in [-0.3, -0.25) is 4.98 Å². The Bertz CT molecular complexity index is 745. The number of hydrogen-bond donors (Lipinski definition) is 1. The molecule has 2 heterocycles. The number of para-hydroxylation sites is 2. The van der Waals surface area contributed by atoms with Crippen LogP contribution in [0.3, 0.4) is 0 Å². The highest BCUT2D eigenvalue weighted by atomic mass is 16.4. The van der Waals surface area contributed by atoms with Crippen molar-refractivity contribution in [2.45, 2.75) is 44.6 Å². The van der Waals surface area contributed by atoms with Gasteiger partial charge in [0.1, 0.15) is 5.52 Å². The van der Waals surface area contributed by atoms with Crippen LogP contribution >= 0.6 is 0 Å². The third kappa shape index (κ3) is 3.42. The van der Waals surface area contributed by atoms with Gasteiger partial charge in [-0.2, -0.15) is 4.98 Å². The third-order valence-corrected chi connectivity index (χ3v) is 4.93. The van der Waals surface area contributed by atoms with Crippen molar-refractivity contribution in [3.8, 4) is 0 Å². The second-order valence-corrected chi connectivity index (χ2v) is 6.68. The summed E-state index contributed by atoms with van der Waals surface area (Å²) in [5.74, 6) is 0.752. The summed E-state index contributed by atoms with van der Waals surface area (Å²) in [7, 11) is 0. The van der Waals surface area contributed by atoms with Crippen molar-refractivity contribution in [1.82, 2.24) is 9.97 Å². The number of oxazole rings is 1. The molecule has 1 aliphatic rings. The number of nitrogens with one attached hydrogen (secondary N) is 1. The predicted octanol–water partition coefficient (Wildman–Crippen LogP) is 5.35. The van der Waals surface area contributed by atoms with Gasteiger partial charge in [0.2, 0.25) is 0 Å². The second kappa shape index (κ2) is 7.04. The van der Waals surface area contributed by atoms with Crippen molar-refractivity contribution in [2.75, 3.05) is 5.32 Å². The van der Waals surface area contributed by atoms with Gasteiger partial charge >= 0.3 is 0 Å². The maximum Gasteiger partial charge on any atom is 0.296 e. The Kier molecular flexibility index (Phi) is 4.45. The van der Waals surface area contributed by atoms with Crippen LogP contribution in [0.25, 0.3) is 11.1 Å². The van der Waals surface area contributed by atoms with Gasteiger partial charge in [-0.15, -0.1) is 0 Å². The van der Waals surface area contributed by atoms with Crippen LogP contribution in [0.5, 0.6) is 0 Å². The molecule has 1 N–H and O–H groups in total. The van der Waals surface area contributed by atoms with E-state index in [1.165, 1.54) is 32.1 Å². The number of hydrogen-bond acceptors (Lipinski definition) is 4. The number of anilines is 1. The number of nitrogens with zero attached hydrogens (tertiary/aromatic N) is 2. The molecule has 0 spiro atoms. The normalized spacial score (nSPS) is 17.0. The van der Waals surface area contributed by atoms with Crippen LogP contribution in [0.1, 0.15) is 50.3 Å². The van der Waals surface area contributed by atoms with Gasteiger partial charge in [-0.05, 0) is 36.6 Å². The summed E-state index contributed by atoms with van der Waals surface area (Å²) in [6.07, 6.45) is 9.65. The van der Waals surface area contributed by atoms with Crippen LogP contribution in [-0.4, -0.2) is 9.97 Å². The van der Waals surface area contributed by atoms with Crippen LogP contribution < -0.4 is 5.32 Å². The van der Waals surface area contributed by atoms with Crippen molar-refractivity contribution in [1.29, 1.82) is 0 Å². The van der Waals surface area contributed by atoms with Crippen molar-refractivity contribution in [3.63, 3.8) is 0 Å². The lowest BCUT2D eigenvalue weighted by molar-refractivity contribution is 0.322. The van der Waals surface area contributed by atoms with Gasteiger partial charge in [0.15, 0.2) is 5.58 Å². The summed E-state index contributed by atoms with van der Waals surface area (Å²) in [6, 6.07) is 14.7. The van der Waals surface area contributed by atoms with Gasteiger partial charge in [0.25, 0.3) is 6.01 Å². The zero-order chi connectivity index (χ0) is 16.2. The zero-order valence-electron chi connectivity index (χ0n) is 13.8. The van der Waals surface area contributed by atoms with E-state index in [9.17, 15) is 0 Å². The van der Waals surface area contributed by atoms with Crippen LogP contribution in [0.2, 0.25) is 0 Å². The highest BCUT2D eigenvalue weighted by Crippen LogP contribution is 2.33. The van der Waals surface area contributed by atoms with Gasteiger partial charge in [0, 0.05) is 6.20 Å². The number of benzene rings is 1. The lowest BCUT2D eigenvalue weighted by Gasteiger charge is -2.26. The third-order valence-electron chi connectivity index (χ3n) is 4.93. The van der Waals surface area contributed by atoms with E-state index in [1.54, 1.807) is 0 Å². The van der Waals surface area contributed by atoms with Crippen molar-refractivity contribution in [2.24, 2.45) is 5.92 Å². The fraction of sp³-hybridized carbons (Fsp3) is 0.400. The molecule has 0 amide bonds. The maximum absolute atomic E-state index is 5.86. The summed E-state index contributed by atoms with van der Waals surface area (Å²) in [6.45, 7) is 0. The van der Waals surface area contributed by atoms with Crippen LogP contribution in [0.15, 0.2) is 53.1 Å². The molecule has 0 radical (unpaired) electrons. The monoisotopic (exact) mass is 321 g/mol. The molecule has 0 bridgehead atoms. The highest BCUT2D eigenvalue weighted by molar-refractivity contribution is 5.74. The average Bonchev–Trinajstić information content (AvgIpc) is 3.05. The molecule has 1 aliphatic carbocycles. The Morgan fingerprint density at radius 2 is 1.88 bits per heavy atom. The van der Waals surface area contributed by atoms with Crippen LogP contribution in [-0.2, 0) is 0 Å².